The SMILES string of the molecule is CNC(CC1CCCCC1)C(=O)N(C)C=O. The van der Waals surface area contributed by atoms with Crippen LogP contribution in [0.25, 0.3) is 0 Å². The molecular formula is C12H22N2O2. The minimum absolute atomic E-state index is 0.122. The van der Waals surface area contributed by atoms with Crippen molar-refractivity contribution in [1.29, 1.82) is 0 Å². The second kappa shape index (κ2) is 6.63. The van der Waals surface area contributed by atoms with Crippen molar-refractivity contribution in [3.63, 3.8) is 0 Å². The first kappa shape index (κ1) is 13.2. The van der Waals surface area contributed by atoms with Gasteiger partial charge in [0.2, 0.25) is 12.3 Å². The van der Waals surface area contributed by atoms with Crippen LogP contribution >= 0.6 is 0 Å². The summed E-state index contributed by atoms with van der Waals surface area (Å²) in [5.41, 5.74) is 0. The lowest BCUT2D eigenvalue weighted by molar-refractivity contribution is -0.138. The van der Waals surface area contributed by atoms with Gasteiger partial charge >= 0.3 is 0 Å². The first-order chi connectivity index (χ1) is 7.69. The van der Waals surface area contributed by atoms with Crippen LogP contribution in [0.15, 0.2) is 0 Å². The molecule has 0 spiro atoms. The number of imide groups is 1. The van der Waals surface area contributed by atoms with Crippen LogP contribution < -0.4 is 5.32 Å². The van der Waals surface area contributed by atoms with Gasteiger partial charge in [0.25, 0.3) is 0 Å². The number of nitrogens with one attached hydrogen (secondary N) is 1. The van der Waals surface area contributed by atoms with Gasteiger partial charge in [-0.2, -0.15) is 0 Å². The van der Waals surface area contributed by atoms with Gasteiger partial charge in [-0.15, -0.1) is 0 Å². The van der Waals surface area contributed by atoms with Crippen LogP contribution in [-0.4, -0.2) is 37.4 Å². The zero-order chi connectivity index (χ0) is 12.0. The Balaban J connectivity index is 2.46. The number of hydrogen-bond acceptors (Lipinski definition) is 3. The van der Waals surface area contributed by atoms with Gasteiger partial charge in [-0.1, -0.05) is 32.1 Å². The van der Waals surface area contributed by atoms with E-state index in [4.69, 9.17) is 0 Å². The van der Waals surface area contributed by atoms with Crippen molar-refractivity contribution in [3.8, 4) is 0 Å². The third kappa shape index (κ3) is 3.59. The molecule has 2 amide bonds. The van der Waals surface area contributed by atoms with E-state index >= 15 is 0 Å². The first-order valence-corrected chi connectivity index (χ1v) is 6.08. The summed E-state index contributed by atoms with van der Waals surface area (Å²) in [7, 11) is 3.30. The van der Waals surface area contributed by atoms with Gasteiger partial charge in [0.15, 0.2) is 0 Å². The molecule has 1 saturated carbocycles. The molecule has 4 heteroatoms. The Labute approximate surface area is 97.4 Å². The van der Waals surface area contributed by atoms with Gasteiger partial charge in [0.05, 0.1) is 6.04 Å². The lowest BCUT2D eigenvalue weighted by Gasteiger charge is -2.26. The number of nitrogens with zero attached hydrogens (tertiary/aromatic N) is 1. The smallest absolute Gasteiger partial charge is 0.245 e. The number of carbonyl (C=O) groups is 2. The molecule has 0 aromatic heterocycles. The Kier molecular flexibility index (Phi) is 5.46. The average molecular weight is 226 g/mol. The third-order valence-electron chi connectivity index (χ3n) is 3.45. The van der Waals surface area contributed by atoms with E-state index in [0.717, 1.165) is 11.3 Å². The third-order valence-corrected chi connectivity index (χ3v) is 3.45. The van der Waals surface area contributed by atoms with Crippen molar-refractivity contribution in [2.24, 2.45) is 5.92 Å². The Hall–Kier alpha value is -0.900. The molecule has 0 aromatic rings. The predicted molar refractivity (Wildman–Crippen MR) is 62.9 cm³/mol. The van der Waals surface area contributed by atoms with Crippen LogP contribution in [0.3, 0.4) is 0 Å². The van der Waals surface area contributed by atoms with E-state index in [1.807, 2.05) is 0 Å². The number of hydrogen-bond donors (Lipinski definition) is 1. The summed E-state index contributed by atoms with van der Waals surface area (Å²) in [5, 5.41) is 3.01. The number of likely N-dealkylation sites (N-methyl/N-ethyl adjacent to an activating group) is 2. The van der Waals surface area contributed by atoms with Gasteiger partial charge in [0, 0.05) is 7.05 Å². The highest BCUT2D eigenvalue weighted by molar-refractivity contribution is 5.89. The molecule has 0 heterocycles. The van der Waals surface area contributed by atoms with E-state index < -0.39 is 0 Å². The summed E-state index contributed by atoms with van der Waals surface area (Å²) >= 11 is 0. The molecule has 0 bridgehead atoms. The maximum atomic E-state index is 11.8. The Bertz CT molecular complexity index is 237. The molecule has 0 saturated heterocycles. The molecule has 1 atom stereocenters. The van der Waals surface area contributed by atoms with Crippen molar-refractivity contribution in [3.05, 3.63) is 0 Å². The van der Waals surface area contributed by atoms with Crippen molar-refractivity contribution in [1.82, 2.24) is 10.2 Å². The van der Waals surface area contributed by atoms with Gasteiger partial charge in [-0.25, -0.2) is 0 Å². The molecule has 4 nitrogen and oxygen atoms in total. The Morgan fingerprint density at radius 2 is 2.06 bits per heavy atom. The molecule has 1 N–H and O–H groups in total. The summed E-state index contributed by atoms with van der Waals surface area (Å²) in [6.45, 7) is 0. The topological polar surface area (TPSA) is 49.4 Å². The van der Waals surface area contributed by atoms with Crippen molar-refractivity contribution in [2.75, 3.05) is 14.1 Å². The monoisotopic (exact) mass is 226 g/mol. The number of amides is 2. The second-order valence-electron chi connectivity index (χ2n) is 4.64. The molecular weight excluding hydrogens is 204 g/mol. The van der Waals surface area contributed by atoms with Crippen LogP contribution in [0, 0.1) is 5.92 Å². The summed E-state index contributed by atoms with van der Waals surface area (Å²) in [5.74, 6) is 0.512. The second-order valence-corrected chi connectivity index (χ2v) is 4.64. The fourth-order valence-electron chi connectivity index (χ4n) is 2.40. The first-order valence-electron chi connectivity index (χ1n) is 6.08. The zero-order valence-electron chi connectivity index (χ0n) is 10.2. The molecule has 0 aliphatic heterocycles. The van der Waals surface area contributed by atoms with Gasteiger partial charge in [-0.05, 0) is 19.4 Å². The fourth-order valence-corrected chi connectivity index (χ4v) is 2.40. The quantitative estimate of drug-likeness (QED) is 0.716. The molecule has 1 rings (SSSR count). The van der Waals surface area contributed by atoms with Crippen molar-refractivity contribution < 1.29 is 9.59 Å². The molecule has 16 heavy (non-hydrogen) atoms. The van der Waals surface area contributed by atoms with Crippen molar-refractivity contribution in [2.45, 2.75) is 44.6 Å². The summed E-state index contributed by atoms with van der Waals surface area (Å²) < 4.78 is 0. The summed E-state index contributed by atoms with van der Waals surface area (Å²) in [4.78, 5) is 23.5. The molecule has 1 fully saturated rings. The molecule has 1 aliphatic rings. The van der Waals surface area contributed by atoms with Crippen LogP contribution in [0.4, 0.5) is 0 Å². The van der Waals surface area contributed by atoms with E-state index in [1.54, 1.807) is 7.05 Å². The van der Waals surface area contributed by atoms with E-state index in [0.29, 0.717) is 12.3 Å². The van der Waals surface area contributed by atoms with E-state index in [9.17, 15) is 9.59 Å². The van der Waals surface area contributed by atoms with Gasteiger partial charge < -0.3 is 5.32 Å². The minimum atomic E-state index is -0.210. The zero-order valence-corrected chi connectivity index (χ0v) is 10.2. The van der Waals surface area contributed by atoms with Gasteiger partial charge in [0.1, 0.15) is 0 Å². The number of rotatable bonds is 5. The molecule has 92 valence electrons. The van der Waals surface area contributed by atoms with Crippen LogP contribution in [0.2, 0.25) is 0 Å². The molecule has 1 unspecified atom stereocenters. The fraction of sp³-hybridized carbons (Fsp3) is 0.833. The normalized spacial score (nSPS) is 19.1. The maximum absolute atomic E-state index is 11.8. The minimum Gasteiger partial charge on any atom is -0.309 e. The van der Waals surface area contributed by atoms with E-state index in [-0.39, 0.29) is 11.9 Å². The Morgan fingerprint density at radius 1 is 1.44 bits per heavy atom. The average Bonchev–Trinajstić information content (AvgIpc) is 2.35. The molecule has 0 radical (unpaired) electrons. The maximum Gasteiger partial charge on any atom is 0.245 e. The molecule has 0 aromatic carbocycles. The van der Waals surface area contributed by atoms with Crippen molar-refractivity contribution >= 4 is 12.3 Å². The van der Waals surface area contributed by atoms with Gasteiger partial charge in [-0.3, -0.25) is 14.5 Å². The lowest BCUT2D eigenvalue weighted by Crippen LogP contribution is -2.44. The highest BCUT2D eigenvalue weighted by Crippen LogP contribution is 2.27. The summed E-state index contributed by atoms with van der Waals surface area (Å²) in [6.07, 6.45) is 7.74. The standard InChI is InChI=1S/C12H22N2O2/c1-13-11(12(16)14(2)9-15)8-10-6-4-3-5-7-10/h9-11,13H,3-8H2,1-2H3. The highest BCUT2D eigenvalue weighted by Gasteiger charge is 2.24. The van der Waals surface area contributed by atoms with E-state index in [1.165, 1.54) is 39.2 Å². The van der Waals surface area contributed by atoms with E-state index in [2.05, 4.69) is 5.32 Å². The lowest BCUT2D eigenvalue weighted by atomic mass is 9.84. The van der Waals surface area contributed by atoms with Crippen LogP contribution in [0.5, 0.6) is 0 Å². The summed E-state index contributed by atoms with van der Waals surface area (Å²) in [6, 6.07) is -0.210. The number of carbonyl (C=O) groups excluding carboxylic acids is 2. The van der Waals surface area contributed by atoms with Crippen LogP contribution in [0.1, 0.15) is 38.5 Å². The Morgan fingerprint density at radius 3 is 2.56 bits per heavy atom. The molecule has 1 aliphatic carbocycles. The largest absolute Gasteiger partial charge is 0.309 e. The predicted octanol–water partition coefficient (Wildman–Crippen LogP) is 1.16. The highest BCUT2D eigenvalue weighted by atomic mass is 16.2. The van der Waals surface area contributed by atoms with Crippen LogP contribution in [-0.2, 0) is 9.59 Å².